The molecule has 6 heteroatoms. The molecule has 0 unspecified atom stereocenters. The second-order valence-corrected chi connectivity index (χ2v) is 6.99. The first kappa shape index (κ1) is 14.4. The average Bonchev–Trinajstić information content (AvgIpc) is 2.46. The van der Waals surface area contributed by atoms with E-state index < -0.39 is 10.1 Å². The second-order valence-electron chi connectivity index (χ2n) is 5.43. The molecule has 1 aliphatic heterocycles. The Morgan fingerprint density at radius 3 is 2.62 bits per heavy atom. The highest BCUT2D eigenvalue weighted by Crippen LogP contribution is 2.32. The molecule has 0 amide bonds. The van der Waals surface area contributed by atoms with Crippen molar-refractivity contribution >= 4 is 20.9 Å². The molecule has 1 aromatic heterocycles. The summed E-state index contributed by atoms with van der Waals surface area (Å²) in [5, 5.41) is 3.91. The Bertz CT molecular complexity index is 732. The van der Waals surface area contributed by atoms with Crippen LogP contribution in [0.3, 0.4) is 0 Å². The predicted octanol–water partition coefficient (Wildman–Crippen LogP) is 2.31. The number of nitrogens with zero attached hydrogens (tertiary/aromatic N) is 2. The van der Waals surface area contributed by atoms with E-state index in [1.165, 1.54) is 16.0 Å². The van der Waals surface area contributed by atoms with Crippen LogP contribution in [-0.4, -0.2) is 37.8 Å². The van der Waals surface area contributed by atoms with Gasteiger partial charge >= 0.3 is 0 Å². The highest BCUT2D eigenvalue weighted by molar-refractivity contribution is 7.85. The first-order valence-electron chi connectivity index (χ1n) is 7.00. The predicted molar refractivity (Wildman–Crippen MR) is 81.2 cm³/mol. The molecule has 0 radical (unpaired) electrons. The maximum Gasteiger partial charge on any atom is 0.280 e. The van der Waals surface area contributed by atoms with Crippen LogP contribution in [-0.2, 0) is 14.4 Å². The lowest BCUT2D eigenvalue weighted by Crippen LogP contribution is -2.34. The molecule has 5 nitrogen and oxygen atoms in total. The maximum absolute atomic E-state index is 11.2. The van der Waals surface area contributed by atoms with Crippen molar-refractivity contribution in [3.8, 4) is 0 Å². The summed E-state index contributed by atoms with van der Waals surface area (Å²) < 4.78 is 27.2. The van der Waals surface area contributed by atoms with Gasteiger partial charge in [0.15, 0.2) is 0 Å². The summed E-state index contributed by atoms with van der Waals surface area (Å²) in [5.74, 6) is 0.392. The van der Waals surface area contributed by atoms with Gasteiger partial charge in [-0.3, -0.25) is 4.98 Å². The highest BCUT2D eigenvalue weighted by atomic mass is 32.2. The molecule has 1 aromatic carbocycles. The number of fused-ring (bicyclic) bond motifs is 1. The fourth-order valence-corrected chi connectivity index (χ4v) is 3.43. The maximum atomic E-state index is 11.2. The van der Waals surface area contributed by atoms with Gasteiger partial charge in [0.25, 0.3) is 10.1 Å². The zero-order chi connectivity index (χ0) is 14.9. The molecule has 112 valence electrons. The molecule has 0 saturated carbocycles. The summed E-state index contributed by atoms with van der Waals surface area (Å²) in [6.45, 7) is 1.22. The summed E-state index contributed by atoms with van der Waals surface area (Å²) in [6.07, 6.45) is 6.62. The topological polar surface area (TPSA) is 59.5 Å². The van der Waals surface area contributed by atoms with Crippen LogP contribution < -0.4 is 0 Å². The van der Waals surface area contributed by atoms with Crippen LogP contribution in [0.2, 0.25) is 0 Å². The lowest BCUT2D eigenvalue weighted by atomic mass is 9.88. The molecule has 21 heavy (non-hydrogen) atoms. The molecule has 1 aliphatic rings. The molecule has 2 aromatic rings. The molecule has 0 atom stereocenters. The standard InChI is InChI=1S/C15H18N2O3S/c1-21(18,19)20-17-8-6-12(7-9-17)15-11-16-10-13-4-2-3-5-14(13)15/h2-5,10-12H,6-9H2,1H3. The van der Waals surface area contributed by atoms with Crippen LogP contribution in [0.25, 0.3) is 10.8 Å². The fraction of sp³-hybridized carbons (Fsp3) is 0.400. The van der Waals surface area contributed by atoms with Crippen molar-refractivity contribution < 1.29 is 12.7 Å². The fourth-order valence-electron chi connectivity index (χ4n) is 2.90. The Hall–Kier alpha value is -1.50. The number of piperidine rings is 1. The lowest BCUT2D eigenvalue weighted by Gasteiger charge is -2.30. The largest absolute Gasteiger partial charge is 0.280 e. The number of hydroxylamine groups is 2. The van der Waals surface area contributed by atoms with Crippen molar-refractivity contribution in [2.24, 2.45) is 0 Å². The van der Waals surface area contributed by atoms with Gasteiger partial charge in [-0.1, -0.05) is 24.3 Å². The lowest BCUT2D eigenvalue weighted by molar-refractivity contribution is -0.0683. The Balaban J connectivity index is 1.77. The molecular weight excluding hydrogens is 288 g/mol. The Kier molecular flexibility index (Phi) is 3.93. The van der Waals surface area contributed by atoms with Gasteiger partial charge in [-0.05, 0) is 29.7 Å². The van der Waals surface area contributed by atoms with Gasteiger partial charge in [0.1, 0.15) is 0 Å². The smallest absolute Gasteiger partial charge is 0.264 e. The molecule has 3 rings (SSSR count). The molecular formula is C15H18N2O3S. The number of hydrogen-bond donors (Lipinski definition) is 0. The van der Waals surface area contributed by atoms with E-state index >= 15 is 0 Å². The average molecular weight is 306 g/mol. The Morgan fingerprint density at radius 2 is 1.90 bits per heavy atom. The van der Waals surface area contributed by atoms with Gasteiger partial charge in [-0.15, -0.1) is 0 Å². The van der Waals surface area contributed by atoms with Crippen LogP contribution in [0.1, 0.15) is 24.3 Å². The summed E-state index contributed by atoms with van der Waals surface area (Å²) in [7, 11) is -3.43. The highest BCUT2D eigenvalue weighted by Gasteiger charge is 2.24. The molecule has 0 N–H and O–H groups in total. The zero-order valence-corrected chi connectivity index (χ0v) is 12.7. The van der Waals surface area contributed by atoms with E-state index in [2.05, 4.69) is 17.1 Å². The van der Waals surface area contributed by atoms with Crippen LogP contribution in [0.4, 0.5) is 0 Å². The van der Waals surface area contributed by atoms with Gasteiger partial charge in [-0.25, -0.2) is 0 Å². The zero-order valence-electron chi connectivity index (χ0n) is 11.9. The van der Waals surface area contributed by atoms with E-state index in [4.69, 9.17) is 4.28 Å². The van der Waals surface area contributed by atoms with E-state index in [1.807, 2.05) is 24.5 Å². The van der Waals surface area contributed by atoms with Gasteiger partial charge in [-0.2, -0.15) is 17.8 Å². The van der Waals surface area contributed by atoms with Crippen molar-refractivity contribution in [2.45, 2.75) is 18.8 Å². The molecule has 0 spiro atoms. The van der Waals surface area contributed by atoms with Gasteiger partial charge in [0, 0.05) is 30.9 Å². The monoisotopic (exact) mass is 306 g/mol. The SMILES string of the molecule is CS(=O)(=O)ON1CCC(c2cncc3ccccc23)CC1. The van der Waals surface area contributed by atoms with Crippen molar-refractivity contribution in [1.29, 1.82) is 0 Å². The Labute approximate surface area is 124 Å². The minimum atomic E-state index is -3.43. The van der Waals surface area contributed by atoms with E-state index in [1.54, 1.807) is 0 Å². The van der Waals surface area contributed by atoms with E-state index in [0.29, 0.717) is 19.0 Å². The first-order valence-corrected chi connectivity index (χ1v) is 8.82. The van der Waals surface area contributed by atoms with Crippen LogP contribution in [0.15, 0.2) is 36.7 Å². The molecule has 0 bridgehead atoms. The van der Waals surface area contributed by atoms with Crippen LogP contribution in [0, 0.1) is 0 Å². The van der Waals surface area contributed by atoms with Crippen molar-refractivity contribution in [1.82, 2.24) is 10.0 Å². The third-order valence-electron chi connectivity index (χ3n) is 3.83. The van der Waals surface area contributed by atoms with Crippen LogP contribution in [0.5, 0.6) is 0 Å². The van der Waals surface area contributed by atoms with E-state index in [-0.39, 0.29) is 0 Å². The third kappa shape index (κ3) is 3.40. The third-order valence-corrected chi connectivity index (χ3v) is 4.32. The van der Waals surface area contributed by atoms with Gasteiger partial charge < -0.3 is 0 Å². The molecule has 1 saturated heterocycles. The molecule has 2 heterocycles. The molecule has 0 aliphatic carbocycles. The number of rotatable bonds is 3. The summed E-state index contributed by atoms with van der Waals surface area (Å²) >= 11 is 0. The van der Waals surface area contributed by atoms with Crippen LogP contribution >= 0.6 is 0 Å². The summed E-state index contributed by atoms with van der Waals surface area (Å²) in [5.41, 5.74) is 1.24. The number of aromatic nitrogens is 1. The van der Waals surface area contributed by atoms with E-state index in [9.17, 15) is 8.42 Å². The number of benzene rings is 1. The Morgan fingerprint density at radius 1 is 1.19 bits per heavy atom. The second kappa shape index (κ2) is 5.71. The first-order chi connectivity index (χ1) is 10.0. The van der Waals surface area contributed by atoms with Crippen molar-refractivity contribution in [2.75, 3.05) is 19.3 Å². The van der Waals surface area contributed by atoms with Gasteiger partial charge in [0.05, 0.1) is 6.26 Å². The van der Waals surface area contributed by atoms with E-state index in [0.717, 1.165) is 24.5 Å². The molecule has 1 fully saturated rings. The minimum Gasteiger partial charge on any atom is -0.264 e. The number of pyridine rings is 1. The normalized spacial score (nSPS) is 18.1. The van der Waals surface area contributed by atoms with Crippen molar-refractivity contribution in [3.63, 3.8) is 0 Å². The summed E-state index contributed by atoms with van der Waals surface area (Å²) in [6, 6.07) is 8.23. The quantitative estimate of drug-likeness (QED) is 0.871. The van der Waals surface area contributed by atoms with Gasteiger partial charge in [0.2, 0.25) is 0 Å². The van der Waals surface area contributed by atoms with Crippen molar-refractivity contribution in [3.05, 3.63) is 42.2 Å². The minimum absolute atomic E-state index is 0.392. The summed E-state index contributed by atoms with van der Waals surface area (Å²) in [4.78, 5) is 4.33. The number of hydrogen-bond acceptors (Lipinski definition) is 5.